The van der Waals surface area contributed by atoms with Crippen LogP contribution in [0.25, 0.3) is 0 Å². The molecule has 1 aromatic rings. The Morgan fingerprint density at radius 3 is 3.07 bits per heavy atom. The predicted octanol–water partition coefficient (Wildman–Crippen LogP) is 1.34. The lowest BCUT2D eigenvalue weighted by Gasteiger charge is -2.29. The quantitative estimate of drug-likeness (QED) is 0.745. The first-order valence-electron chi connectivity index (χ1n) is 4.83. The maximum atomic E-state index is 11.4. The Morgan fingerprint density at radius 2 is 2.40 bits per heavy atom. The van der Waals surface area contributed by atoms with Crippen molar-refractivity contribution < 1.29 is 4.79 Å². The molecule has 0 radical (unpaired) electrons. The van der Waals surface area contributed by atoms with Crippen molar-refractivity contribution in [2.45, 2.75) is 6.92 Å². The number of carbonyl (C=O) groups excluding carboxylic acids is 1. The van der Waals surface area contributed by atoms with Crippen LogP contribution in [0.2, 0.25) is 0 Å². The van der Waals surface area contributed by atoms with Crippen molar-refractivity contribution in [3.05, 3.63) is 23.8 Å². The summed E-state index contributed by atoms with van der Waals surface area (Å²) in [6, 6.07) is 7.39. The Morgan fingerprint density at radius 1 is 1.60 bits per heavy atom. The second-order valence-electron chi connectivity index (χ2n) is 3.41. The summed E-state index contributed by atoms with van der Waals surface area (Å²) in [4.78, 5) is 13.3. The number of hydrogen-bond acceptors (Lipinski definition) is 3. The van der Waals surface area contributed by atoms with E-state index in [1.165, 1.54) is 0 Å². The zero-order chi connectivity index (χ0) is 10.8. The molecule has 0 spiro atoms. The van der Waals surface area contributed by atoms with E-state index < -0.39 is 0 Å². The average Bonchev–Trinajstić information content (AvgIpc) is 2.26. The van der Waals surface area contributed by atoms with Gasteiger partial charge in [-0.05, 0) is 25.1 Å². The van der Waals surface area contributed by atoms with E-state index in [1.807, 2.05) is 17.9 Å². The van der Waals surface area contributed by atoms with Gasteiger partial charge in [-0.25, -0.2) is 0 Å². The predicted molar refractivity (Wildman–Crippen MR) is 57.7 cm³/mol. The highest BCUT2D eigenvalue weighted by Crippen LogP contribution is 2.29. The van der Waals surface area contributed by atoms with Crippen molar-refractivity contribution in [1.29, 1.82) is 5.26 Å². The molecular formula is C11H11N3O. The highest BCUT2D eigenvalue weighted by atomic mass is 16.2. The lowest BCUT2D eigenvalue weighted by molar-refractivity contribution is -0.115. The van der Waals surface area contributed by atoms with Crippen LogP contribution in [0.5, 0.6) is 0 Å². The normalized spacial score (nSPS) is 14.1. The van der Waals surface area contributed by atoms with Gasteiger partial charge in [0.25, 0.3) is 0 Å². The fraction of sp³-hybridized carbons (Fsp3) is 0.273. The average molecular weight is 201 g/mol. The largest absolute Gasteiger partial charge is 0.361 e. The van der Waals surface area contributed by atoms with Gasteiger partial charge in [0, 0.05) is 6.54 Å². The van der Waals surface area contributed by atoms with E-state index in [2.05, 4.69) is 11.4 Å². The molecule has 4 heteroatoms. The van der Waals surface area contributed by atoms with Gasteiger partial charge in [0.1, 0.15) is 0 Å². The molecule has 0 aliphatic carbocycles. The van der Waals surface area contributed by atoms with Gasteiger partial charge in [-0.1, -0.05) is 0 Å². The minimum absolute atomic E-state index is 0.0283. The van der Waals surface area contributed by atoms with Crippen molar-refractivity contribution in [2.75, 3.05) is 23.3 Å². The summed E-state index contributed by atoms with van der Waals surface area (Å²) in [7, 11) is 0. The van der Waals surface area contributed by atoms with Crippen LogP contribution < -0.4 is 10.2 Å². The van der Waals surface area contributed by atoms with E-state index in [0.29, 0.717) is 12.1 Å². The monoisotopic (exact) mass is 201 g/mol. The number of hydrogen-bond donors (Lipinski definition) is 1. The molecule has 1 amide bonds. The van der Waals surface area contributed by atoms with Crippen molar-refractivity contribution in [2.24, 2.45) is 0 Å². The molecule has 1 N–H and O–H groups in total. The van der Waals surface area contributed by atoms with E-state index in [1.54, 1.807) is 12.1 Å². The van der Waals surface area contributed by atoms with Crippen molar-refractivity contribution in [3.63, 3.8) is 0 Å². The third-order valence-electron chi connectivity index (χ3n) is 2.46. The van der Waals surface area contributed by atoms with Crippen LogP contribution in [0.15, 0.2) is 18.2 Å². The minimum Gasteiger partial charge on any atom is -0.361 e. The van der Waals surface area contributed by atoms with Crippen molar-refractivity contribution >= 4 is 17.3 Å². The second kappa shape index (κ2) is 3.62. The van der Waals surface area contributed by atoms with Gasteiger partial charge in [0.15, 0.2) is 0 Å². The molecule has 15 heavy (non-hydrogen) atoms. The molecule has 1 aliphatic heterocycles. The lowest BCUT2D eigenvalue weighted by Crippen LogP contribution is -2.37. The molecule has 0 saturated heterocycles. The molecule has 0 aromatic heterocycles. The lowest BCUT2D eigenvalue weighted by atomic mass is 10.1. The van der Waals surface area contributed by atoms with Crippen LogP contribution in [-0.2, 0) is 4.79 Å². The van der Waals surface area contributed by atoms with Gasteiger partial charge in [-0.15, -0.1) is 0 Å². The summed E-state index contributed by atoms with van der Waals surface area (Å²) in [5, 5.41) is 11.5. The molecule has 0 fully saturated rings. The second-order valence-corrected chi connectivity index (χ2v) is 3.41. The first-order chi connectivity index (χ1) is 7.24. The number of nitriles is 1. The van der Waals surface area contributed by atoms with E-state index in [4.69, 9.17) is 5.26 Å². The van der Waals surface area contributed by atoms with E-state index in [9.17, 15) is 4.79 Å². The van der Waals surface area contributed by atoms with Gasteiger partial charge < -0.3 is 10.2 Å². The SMILES string of the molecule is CCN1CC(=O)Nc2cc(C#N)ccc21. The maximum absolute atomic E-state index is 11.4. The molecule has 4 nitrogen and oxygen atoms in total. The summed E-state index contributed by atoms with van der Waals surface area (Å²) < 4.78 is 0. The third kappa shape index (κ3) is 1.64. The number of anilines is 2. The maximum Gasteiger partial charge on any atom is 0.243 e. The summed E-state index contributed by atoms with van der Waals surface area (Å²) in [5.74, 6) is -0.0283. The number of rotatable bonds is 1. The number of likely N-dealkylation sites (N-methyl/N-ethyl adjacent to an activating group) is 1. The zero-order valence-electron chi connectivity index (χ0n) is 8.45. The molecular weight excluding hydrogens is 190 g/mol. The molecule has 1 heterocycles. The Kier molecular flexibility index (Phi) is 2.30. The minimum atomic E-state index is -0.0283. The first kappa shape index (κ1) is 9.53. The fourth-order valence-corrected chi connectivity index (χ4v) is 1.71. The smallest absolute Gasteiger partial charge is 0.243 e. The van der Waals surface area contributed by atoms with Gasteiger partial charge >= 0.3 is 0 Å². The van der Waals surface area contributed by atoms with E-state index >= 15 is 0 Å². The van der Waals surface area contributed by atoms with Gasteiger partial charge in [0.05, 0.1) is 29.6 Å². The fourth-order valence-electron chi connectivity index (χ4n) is 1.71. The molecule has 0 atom stereocenters. The van der Waals surface area contributed by atoms with Crippen LogP contribution >= 0.6 is 0 Å². The number of nitrogens with zero attached hydrogens (tertiary/aromatic N) is 2. The van der Waals surface area contributed by atoms with Gasteiger partial charge in [-0.3, -0.25) is 4.79 Å². The summed E-state index contributed by atoms with van der Waals surface area (Å²) >= 11 is 0. The van der Waals surface area contributed by atoms with Crippen LogP contribution in [0.1, 0.15) is 12.5 Å². The molecule has 0 unspecified atom stereocenters. The topological polar surface area (TPSA) is 56.1 Å². The number of fused-ring (bicyclic) bond motifs is 1. The highest BCUT2D eigenvalue weighted by molar-refractivity contribution is 6.01. The molecule has 2 rings (SSSR count). The number of amides is 1. The van der Waals surface area contributed by atoms with Crippen LogP contribution in [0, 0.1) is 11.3 Å². The van der Waals surface area contributed by atoms with Crippen LogP contribution in [-0.4, -0.2) is 19.0 Å². The molecule has 0 saturated carbocycles. The highest BCUT2D eigenvalue weighted by Gasteiger charge is 2.20. The van der Waals surface area contributed by atoms with Crippen molar-refractivity contribution in [3.8, 4) is 6.07 Å². The summed E-state index contributed by atoms with van der Waals surface area (Å²) in [5.41, 5.74) is 2.27. The molecule has 1 aliphatic rings. The zero-order valence-corrected chi connectivity index (χ0v) is 8.45. The summed E-state index contributed by atoms with van der Waals surface area (Å²) in [6.07, 6.45) is 0. The molecule has 0 bridgehead atoms. The molecule has 76 valence electrons. The Hall–Kier alpha value is -2.02. The van der Waals surface area contributed by atoms with Crippen LogP contribution in [0.4, 0.5) is 11.4 Å². The Bertz CT molecular complexity index is 448. The number of nitrogens with one attached hydrogen (secondary N) is 1. The van der Waals surface area contributed by atoms with E-state index in [-0.39, 0.29) is 5.91 Å². The summed E-state index contributed by atoms with van der Waals surface area (Å²) in [6.45, 7) is 3.17. The number of carbonyl (C=O) groups is 1. The standard InChI is InChI=1S/C11H11N3O/c1-2-14-7-11(15)13-9-5-8(6-12)3-4-10(9)14/h3-5H,2,7H2,1H3,(H,13,15). The first-order valence-corrected chi connectivity index (χ1v) is 4.83. The van der Waals surface area contributed by atoms with Crippen molar-refractivity contribution in [1.82, 2.24) is 0 Å². The van der Waals surface area contributed by atoms with Crippen LogP contribution in [0.3, 0.4) is 0 Å². The van der Waals surface area contributed by atoms with E-state index in [0.717, 1.165) is 17.9 Å². The molecule has 1 aromatic carbocycles. The van der Waals surface area contributed by atoms with Gasteiger partial charge in [0.2, 0.25) is 5.91 Å². The Labute approximate surface area is 88.1 Å². The third-order valence-corrected chi connectivity index (χ3v) is 2.46. The Balaban J connectivity index is 2.47. The number of benzene rings is 1. The van der Waals surface area contributed by atoms with Gasteiger partial charge in [-0.2, -0.15) is 5.26 Å².